The molecule has 8 heteroatoms. The van der Waals surface area contributed by atoms with Gasteiger partial charge in [0.2, 0.25) is 0 Å². The van der Waals surface area contributed by atoms with Crippen molar-refractivity contribution in [3.8, 4) is 0 Å². The average molecular weight is 375 g/mol. The molecule has 0 saturated carbocycles. The summed E-state index contributed by atoms with van der Waals surface area (Å²) >= 11 is 10.2. The fourth-order valence-corrected chi connectivity index (χ4v) is 2.38. The van der Waals surface area contributed by atoms with Gasteiger partial charge in [0.25, 0.3) is 0 Å². The molecule has 1 aromatic rings. The molecule has 4 N–H and O–H groups in total. The zero-order valence-corrected chi connectivity index (χ0v) is 15.6. The molecule has 0 saturated heterocycles. The minimum absolute atomic E-state index is 0.0835. The van der Waals surface area contributed by atoms with Crippen LogP contribution in [0.4, 0.5) is 14.5 Å². The number of benzene rings is 1. The van der Waals surface area contributed by atoms with Crippen LogP contribution in [0.15, 0.2) is 18.2 Å². The lowest BCUT2D eigenvalue weighted by Crippen LogP contribution is -2.49. The number of halogens is 2. The fourth-order valence-electron chi connectivity index (χ4n) is 2.08. The summed E-state index contributed by atoms with van der Waals surface area (Å²) in [6.45, 7) is 5.12. The van der Waals surface area contributed by atoms with E-state index in [2.05, 4.69) is 35.3 Å². The Balaban J connectivity index is 2.31. The van der Waals surface area contributed by atoms with Gasteiger partial charge in [0.15, 0.2) is 10.2 Å². The quantitative estimate of drug-likeness (QED) is 0.430. The minimum atomic E-state index is -0.721. The number of hydrazine groups is 1. The van der Waals surface area contributed by atoms with Gasteiger partial charge < -0.3 is 10.6 Å². The molecular formula is C16H24F2N4S2. The summed E-state index contributed by atoms with van der Waals surface area (Å²) in [5.74, 6) is -0.793. The third kappa shape index (κ3) is 7.83. The molecule has 4 nitrogen and oxygen atoms in total. The van der Waals surface area contributed by atoms with E-state index in [0.29, 0.717) is 11.0 Å². The molecule has 0 fully saturated rings. The molecule has 0 spiro atoms. The predicted molar refractivity (Wildman–Crippen MR) is 103 cm³/mol. The number of rotatable bonds is 7. The van der Waals surface area contributed by atoms with Crippen molar-refractivity contribution in [2.75, 3.05) is 11.9 Å². The monoisotopic (exact) mass is 374 g/mol. The predicted octanol–water partition coefficient (Wildman–Crippen LogP) is 3.85. The third-order valence-corrected chi connectivity index (χ3v) is 4.01. The second-order valence-electron chi connectivity index (χ2n) is 5.45. The summed E-state index contributed by atoms with van der Waals surface area (Å²) in [6, 6.07) is 3.20. The van der Waals surface area contributed by atoms with Gasteiger partial charge in [-0.1, -0.05) is 33.1 Å². The Kier molecular flexibility index (Phi) is 9.48. The Hall–Kier alpha value is -1.54. The number of hydrogen-bond donors (Lipinski definition) is 4. The smallest absolute Gasteiger partial charge is 0.189 e. The van der Waals surface area contributed by atoms with E-state index >= 15 is 0 Å². The first-order valence-corrected chi connectivity index (χ1v) is 8.83. The van der Waals surface area contributed by atoms with E-state index in [1.807, 2.05) is 0 Å². The maximum Gasteiger partial charge on any atom is 0.189 e. The largest absolute Gasteiger partial charge is 0.361 e. The summed E-state index contributed by atoms with van der Waals surface area (Å²) in [7, 11) is 0. The molecular weight excluding hydrogens is 350 g/mol. The van der Waals surface area contributed by atoms with Crippen LogP contribution in [0.1, 0.15) is 39.5 Å². The van der Waals surface area contributed by atoms with Crippen LogP contribution in [0, 0.1) is 17.6 Å². The molecule has 1 aromatic carbocycles. The van der Waals surface area contributed by atoms with Crippen LogP contribution in [0.5, 0.6) is 0 Å². The van der Waals surface area contributed by atoms with E-state index in [0.717, 1.165) is 25.1 Å². The molecule has 0 aliphatic heterocycles. The first-order valence-electron chi connectivity index (χ1n) is 8.02. The second-order valence-corrected chi connectivity index (χ2v) is 6.27. The van der Waals surface area contributed by atoms with Gasteiger partial charge in [-0.05, 0) is 48.9 Å². The van der Waals surface area contributed by atoms with Gasteiger partial charge in [-0.2, -0.15) is 0 Å². The molecule has 0 aliphatic rings. The van der Waals surface area contributed by atoms with Crippen molar-refractivity contribution < 1.29 is 8.78 Å². The summed E-state index contributed by atoms with van der Waals surface area (Å²) in [6.07, 6.45) is 4.64. The average Bonchev–Trinajstić information content (AvgIpc) is 2.55. The van der Waals surface area contributed by atoms with Crippen molar-refractivity contribution in [3.05, 3.63) is 29.8 Å². The highest BCUT2D eigenvalue weighted by Crippen LogP contribution is 2.14. The molecule has 134 valence electrons. The first kappa shape index (κ1) is 20.5. The number of unbranched alkanes of at least 4 members (excludes halogenated alkanes) is 1. The molecule has 1 rings (SSSR count). The summed E-state index contributed by atoms with van der Waals surface area (Å²) in [4.78, 5) is 0. The summed E-state index contributed by atoms with van der Waals surface area (Å²) in [5.41, 5.74) is 5.49. The zero-order chi connectivity index (χ0) is 17.9. The van der Waals surface area contributed by atoms with Gasteiger partial charge in [-0.3, -0.25) is 10.9 Å². The van der Waals surface area contributed by atoms with Crippen molar-refractivity contribution in [2.24, 2.45) is 5.92 Å². The van der Waals surface area contributed by atoms with Crippen molar-refractivity contribution in [1.29, 1.82) is 0 Å². The van der Waals surface area contributed by atoms with Gasteiger partial charge >= 0.3 is 0 Å². The number of thiocarbonyl (C=S) groups is 2. The van der Waals surface area contributed by atoms with Crippen LogP contribution in [-0.2, 0) is 0 Å². The lowest BCUT2D eigenvalue weighted by molar-refractivity contribution is 0.444. The zero-order valence-electron chi connectivity index (χ0n) is 13.9. The van der Waals surface area contributed by atoms with Crippen molar-refractivity contribution in [3.63, 3.8) is 0 Å². The highest BCUT2D eigenvalue weighted by molar-refractivity contribution is 7.80. The van der Waals surface area contributed by atoms with E-state index in [4.69, 9.17) is 24.4 Å². The van der Waals surface area contributed by atoms with Crippen molar-refractivity contribution in [1.82, 2.24) is 16.2 Å². The lowest BCUT2D eigenvalue weighted by Gasteiger charge is -2.18. The van der Waals surface area contributed by atoms with Crippen LogP contribution in [0.2, 0.25) is 0 Å². The topological polar surface area (TPSA) is 48.1 Å². The van der Waals surface area contributed by atoms with Crippen molar-refractivity contribution in [2.45, 2.75) is 39.5 Å². The SMILES string of the molecule is CCCC[C@@H](CC)CNC(=S)NNC(=S)Nc1ccc(F)cc1F. The highest BCUT2D eigenvalue weighted by Gasteiger charge is 2.08. The Labute approximate surface area is 152 Å². The van der Waals surface area contributed by atoms with Crippen molar-refractivity contribution >= 4 is 40.3 Å². The normalized spacial score (nSPS) is 11.5. The highest BCUT2D eigenvalue weighted by atomic mass is 32.1. The first-order chi connectivity index (χ1) is 11.5. The van der Waals surface area contributed by atoms with Crippen LogP contribution < -0.4 is 21.5 Å². The molecule has 24 heavy (non-hydrogen) atoms. The molecule has 0 heterocycles. The Morgan fingerprint density at radius 3 is 2.46 bits per heavy atom. The van der Waals surface area contributed by atoms with Gasteiger partial charge in [-0.25, -0.2) is 8.78 Å². The minimum Gasteiger partial charge on any atom is -0.361 e. The third-order valence-electron chi connectivity index (χ3n) is 3.56. The number of hydrogen-bond acceptors (Lipinski definition) is 2. The lowest BCUT2D eigenvalue weighted by atomic mass is 9.99. The van der Waals surface area contributed by atoms with E-state index < -0.39 is 11.6 Å². The van der Waals surface area contributed by atoms with E-state index in [1.165, 1.54) is 25.3 Å². The van der Waals surface area contributed by atoms with Gasteiger partial charge in [-0.15, -0.1) is 0 Å². The maximum absolute atomic E-state index is 13.5. The van der Waals surface area contributed by atoms with E-state index in [-0.39, 0.29) is 10.8 Å². The van der Waals surface area contributed by atoms with E-state index in [1.54, 1.807) is 0 Å². The van der Waals surface area contributed by atoms with Gasteiger partial charge in [0.05, 0.1) is 5.69 Å². The Bertz CT molecular complexity index is 555. The van der Waals surface area contributed by atoms with Gasteiger partial charge in [0.1, 0.15) is 11.6 Å². The van der Waals surface area contributed by atoms with Gasteiger partial charge in [0, 0.05) is 12.6 Å². The summed E-state index contributed by atoms with van der Waals surface area (Å²) < 4.78 is 26.4. The number of anilines is 1. The maximum atomic E-state index is 13.5. The molecule has 1 atom stereocenters. The second kappa shape index (κ2) is 11.1. The fraction of sp³-hybridized carbons (Fsp3) is 0.500. The van der Waals surface area contributed by atoms with Crippen LogP contribution in [-0.4, -0.2) is 16.8 Å². The van der Waals surface area contributed by atoms with Crippen LogP contribution in [0.25, 0.3) is 0 Å². The summed E-state index contributed by atoms with van der Waals surface area (Å²) in [5, 5.41) is 6.29. The van der Waals surface area contributed by atoms with Crippen LogP contribution >= 0.6 is 24.4 Å². The molecule has 0 amide bonds. The molecule has 0 radical (unpaired) electrons. The Morgan fingerprint density at radius 2 is 1.83 bits per heavy atom. The number of nitrogens with one attached hydrogen (secondary N) is 4. The molecule has 0 bridgehead atoms. The van der Waals surface area contributed by atoms with E-state index in [9.17, 15) is 8.78 Å². The molecule has 0 unspecified atom stereocenters. The van der Waals surface area contributed by atoms with Crippen LogP contribution in [0.3, 0.4) is 0 Å². The molecule has 0 aromatic heterocycles. The molecule has 0 aliphatic carbocycles. The Morgan fingerprint density at radius 1 is 1.12 bits per heavy atom. The standard InChI is InChI=1S/C16H24F2N4S2/c1-3-5-6-11(4-2)10-19-15(23)21-22-16(24)20-14-8-7-12(17)9-13(14)18/h7-9,11H,3-6,10H2,1-2H3,(H2,19,21,23)(H2,20,22,24)/t11-/m1/s1.